The van der Waals surface area contributed by atoms with Gasteiger partial charge in [0.2, 0.25) is 0 Å². The molecule has 1 fully saturated rings. The van der Waals surface area contributed by atoms with Crippen molar-refractivity contribution in [1.29, 1.82) is 0 Å². The third-order valence-electron chi connectivity index (χ3n) is 3.29. The number of nitrogens with one attached hydrogen (secondary N) is 1. The van der Waals surface area contributed by atoms with Crippen molar-refractivity contribution < 1.29 is 19.1 Å². The van der Waals surface area contributed by atoms with Crippen LogP contribution >= 0.6 is 0 Å². The summed E-state index contributed by atoms with van der Waals surface area (Å²) in [5.74, 6) is -1.49. The van der Waals surface area contributed by atoms with E-state index in [2.05, 4.69) is 5.32 Å². The summed E-state index contributed by atoms with van der Waals surface area (Å²) in [5.41, 5.74) is 0.641. The summed E-state index contributed by atoms with van der Waals surface area (Å²) in [5, 5.41) is 11.6. The van der Waals surface area contributed by atoms with E-state index in [0.29, 0.717) is 17.9 Å². The molecule has 2 rings (SSSR count). The van der Waals surface area contributed by atoms with Crippen molar-refractivity contribution in [1.82, 2.24) is 5.32 Å². The first-order chi connectivity index (χ1) is 8.97. The normalized spacial score (nSPS) is 15.9. The number of benzene rings is 1. The fraction of sp³-hybridized carbons (Fsp3) is 0.429. The largest absolute Gasteiger partial charge is 0.480 e. The average molecular weight is 265 g/mol. The molecule has 0 radical (unpaired) electrons. The first-order valence-corrected chi connectivity index (χ1v) is 6.27. The highest BCUT2D eigenvalue weighted by Crippen LogP contribution is 2.33. The van der Waals surface area contributed by atoms with Gasteiger partial charge in [0.05, 0.1) is 0 Å². The van der Waals surface area contributed by atoms with Gasteiger partial charge in [0.15, 0.2) is 0 Å². The molecule has 1 saturated carbocycles. The first kappa shape index (κ1) is 13.5. The maximum absolute atomic E-state index is 13.1. The van der Waals surface area contributed by atoms with Crippen molar-refractivity contribution in [2.45, 2.75) is 32.2 Å². The maximum atomic E-state index is 13.1. The Labute approximate surface area is 110 Å². The Balaban J connectivity index is 2.05. The molecule has 0 heterocycles. The molecule has 1 aromatic rings. The Hall–Kier alpha value is -1.91. The average Bonchev–Trinajstić information content (AvgIpc) is 3.15. The summed E-state index contributed by atoms with van der Waals surface area (Å²) in [7, 11) is 0. The Morgan fingerprint density at radius 3 is 2.68 bits per heavy atom. The summed E-state index contributed by atoms with van der Waals surface area (Å²) >= 11 is 0. The van der Waals surface area contributed by atoms with Gasteiger partial charge in [0.1, 0.15) is 11.9 Å². The van der Waals surface area contributed by atoms with Crippen molar-refractivity contribution in [2.24, 2.45) is 5.92 Å². The molecule has 1 amide bonds. The molecule has 0 spiro atoms. The van der Waals surface area contributed by atoms with Crippen molar-refractivity contribution >= 4 is 11.9 Å². The van der Waals surface area contributed by atoms with Crippen molar-refractivity contribution in [3.8, 4) is 0 Å². The van der Waals surface area contributed by atoms with E-state index in [-0.39, 0.29) is 11.4 Å². The van der Waals surface area contributed by atoms with Gasteiger partial charge < -0.3 is 10.4 Å². The Kier molecular flexibility index (Phi) is 3.83. The van der Waals surface area contributed by atoms with E-state index < -0.39 is 17.9 Å². The van der Waals surface area contributed by atoms with Crippen LogP contribution in [0.5, 0.6) is 0 Å². The van der Waals surface area contributed by atoms with Crippen LogP contribution in [0.3, 0.4) is 0 Å². The van der Waals surface area contributed by atoms with Gasteiger partial charge in [-0.15, -0.1) is 0 Å². The molecule has 102 valence electrons. The molecule has 1 aliphatic carbocycles. The summed E-state index contributed by atoms with van der Waals surface area (Å²) in [4.78, 5) is 23.0. The van der Waals surface area contributed by atoms with Crippen LogP contribution in [0.15, 0.2) is 18.2 Å². The highest BCUT2D eigenvalue weighted by atomic mass is 19.1. The molecular weight excluding hydrogens is 249 g/mol. The van der Waals surface area contributed by atoms with E-state index in [1.807, 2.05) is 0 Å². The lowest BCUT2D eigenvalue weighted by molar-refractivity contribution is -0.139. The number of hydrogen-bond donors (Lipinski definition) is 2. The Morgan fingerprint density at radius 1 is 1.47 bits per heavy atom. The number of rotatable bonds is 5. The van der Waals surface area contributed by atoms with Crippen LogP contribution in [0.2, 0.25) is 0 Å². The number of aliphatic carboxylic acids is 1. The quantitative estimate of drug-likeness (QED) is 0.857. The lowest BCUT2D eigenvalue weighted by Gasteiger charge is -2.14. The zero-order valence-electron chi connectivity index (χ0n) is 10.6. The fourth-order valence-corrected chi connectivity index (χ4v) is 1.94. The Morgan fingerprint density at radius 2 is 2.16 bits per heavy atom. The summed E-state index contributed by atoms with van der Waals surface area (Å²) < 4.78 is 13.1. The highest BCUT2D eigenvalue weighted by Gasteiger charge is 2.30. The molecule has 0 aliphatic heterocycles. The van der Waals surface area contributed by atoms with E-state index in [0.717, 1.165) is 12.8 Å². The van der Waals surface area contributed by atoms with Gasteiger partial charge in [-0.05, 0) is 43.0 Å². The third-order valence-corrected chi connectivity index (χ3v) is 3.29. The monoisotopic (exact) mass is 265 g/mol. The standard InChI is InChI=1S/C14H16FNO3/c1-8-6-10(4-5-11(8)15)13(17)16-12(14(18)19)7-9-2-3-9/h4-6,9,12H,2-3,7H2,1H3,(H,16,17)(H,18,19). The van der Waals surface area contributed by atoms with Crippen LogP contribution in [-0.4, -0.2) is 23.0 Å². The van der Waals surface area contributed by atoms with Crippen molar-refractivity contribution in [3.05, 3.63) is 35.1 Å². The molecule has 0 aromatic heterocycles. The third kappa shape index (κ3) is 3.53. The lowest BCUT2D eigenvalue weighted by atomic mass is 10.1. The summed E-state index contributed by atoms with van der Waals surface area (Å²) in [6.45, 7) is 1.56. The molecule has 19 heavy (non-hydrogen) atoms. The second-order valence-electron chi connectivity index (χ2n) is 5.01. The predicted octanol–water partition coefficient (Wildman–Crippen LogP) is 2.12. The minimum atomic E-state index is -1.03. The van der Waals surface area contributed by atoms with E-state index in [4.69, 9.17) is 5.11 Å². The van der Waals surface area contributed by atoms with Crippen LogP contribution in [0.4, 0.5) is 4.39 Å². The molecule has 2 N–H and O–H groups in total. The summed E-state index contributed by atoms with van der Waals surface area (Å²) in [6, 6.07) is 3.11. The number of carbonyl (C=O) groups is 2. The number of amides is 1. The van der Waals surface area contributed by atoms with Crippen LogP contribution in [0.25, 0.3) is 0 Å². The molecule has 1 aromatic carbocycles. The van der Waals surface area contributed by atoms with Gasteiger partial charge in [0, 0.05) is 5.56 Å². The second-order valence-corrected chi connectivity index (χ2v) is 5.01. The van der Waals surface area contributed by atoms with Crippen LogP contribution in [0, 0.1) is 18.7 Å². The number of carboxylic acid groups (broad SMARTS) is 1. The SMILES string of the molecule is Cc1cc(C(=O)NC(CC2CC2)C(=O)O)ccc1F. The zero-order valence-corrected chi connectivity index (χ0v) is 10.6. The molecule has 4 nitrogen and oxygen atoms in total. The Bertz CT molecular complexity index is 511. The van der Waals surface area contributed by atoms with Crippen LogP contribution < -0.4 is 5.32 Å². The number of carbonyl (C=O) groups excluding carboxylic acids is 1. The van der Waals surface area contributed by atoms with Crippen molar-refractivity contribution in [3.63, 3.8) is 0 Å². The molecule has 0 saturated heterocycles. The highest BCUT2D eigenvalue weighted by molar-refractivity contribution is 5.96. The van der Waals surface area contributed by atoms with Gasteiger partial charge in [-0.2, -0.15) is 0 Å². The van der Waals surface area contributed by atoms with Gasteiger partial charge >= 0.3 is 5.97 Å². The molecule has 5 heteroatoms. The minimum Gasteiger partial charge on any atom is -0.480 e. The first-order valence-electron chi connectivity index (χ1n) is 6.27. The molecule has 1 unspecified atom stereocenters. The molecule has 1 atom stereocenters. The van der Waals surface area contributed by atoms with Gasteiger partial charge in [-0.3, -0.25) is 4.79 Å². The molecule has 1 aliphatic rings. The number of halogens is 1. The number of carboxylic acids is 1. The number of hydrogen-bond acceptors (Lipinski definition) is 2. The smallest absolute Gasteiger partial charge is 0.326 e. The number of aryl methyl sites for hydroxylation is 1. The van der Waals surface area contributed by atoms with E-state index >= 15 is 0 Å². The van der Waals surface area contributed by atoms with E-state index in [9.17, 15) is 14.0 Å². The van der Waals surface area contributed by atoms with Crippen LogP contribution in [0.1, 0.15) is 35.2 Å². The van der Waals surface area contributed by atoms with E-state index in [1.165, 1.54) is 18.2 Å². The maximum Gasteiger partial charge on any atom is 0.326 e. The van der Waals surface area contributed by atoms with Gasteiger partial charge in [0.25, 0.3) is 5.91 Å². The molecule has 0 bridgehead atoms. The van der Waals surface area contributed by atoms with Crippen LogP contribution in [-0.2, 0) is 4.79 Å². The predicted molar refractivity (Wildman–Crippen MR) is 67.4 cm³/mol. The fourth-order valence-electron chi connectivity index (χ4n) is 1.94. The second kappa shape index (κ2) is 5.38. The molecular formula is C14H16FNO3. The lowest BCUT2D eigenvalue weighted by Crippen LogP contribution is -2.41. The van der Waals surface area contributed by atoms with E-state index in [1.54, 1.807) is 6.92 Å². The van der Waals surface area contributed by atoms with Gasteiger partial charge in [-0.1, -0.05) is 12.8 Å². The van der Waals surface area contributed by atoms with Crippen molar-refractivity contribution in [2.75, 3.05) is 0 Å². The van der Waals surface area contributed by atoms with Gasteiger partial charge in [-0.25, -0.2) is 9.18 Å². The topological polar surface area (TPSA) is 66.4 Å². The summed E-state index contributed by atoms with van der Waals surface area (Å²) in [6.07, 6.45) is 2.51. The minimum absolute atomic E-state index is 0.279. The zero-order chi connectivity index (χ0) is 14.0.